The summed E-state index contributed by atoms with van der Waals surface area (Å²) in [6, 6.07) is 13.4. The number of aryl methyl sites for hydroxylation is 4. The molecule has 0 saturated carbocycles. The van der Waals surface area contributed by atoms with Crippen molar-refractivity contribution in [2.24, 2.45) is 0 Å². The van der Waals surface area contributed by atoms with E-state index < -0.39 is 0 Å². The van der Waals surface area contributed by atoms with Crippen molar-refractivity contribution < 1.29 is 0 Å². The second-order valence-electron chi connectivity index (χ2n) is 9.63. The van der Waals surface area contributed by atoms with Crippen molar-refractivity contribution in [1.82, 2.24) is 19.1 Å². The van der Waals surface area contributed by atoms with Crippen LogP contribution in [0.5, 0.6) is 0 Å². The lowest BCUT2D eigenvalue weighted by Gasteiger charge is -2.20. The van der Waals surface area contributed by atoms with Crippen LogP contribution in [-0.2, 0) is 13.1 Å². The highest BCUT2D eigenvalue weighted by molar-refractivity contribution is 5.78. The molecule has 0 aliphatic rings. The van der Waals surface area contributed by atoms with Gasteiger partial charge in [0.2, 0.25) is 0 Å². The molecule has 0 aliphatic carbocycles. The summed E-state index contributed by atoms with van der Waals surface area (Å²) in [5.74, 6) is 2.60. The van der Waals surface area contributed by atoms with Gasteiger partial charge in [-0.2, -0.15) is 0 Å². The molecule has 2 heterocycles. The number of rotatable bonds is 11. The van der Waals surface area contributed by atoms with Gasteiger partial charge in [-0.3, -0.25) is 0 Å². The van der Waals surface area contributed by atoms with Crippen LogP contribution in [0.1, 0.15) is 94.4 Å². The highest BCUT2D eigenvalue weighted by Gasteiger charge is 2.27. The third-order valence-corrected chi connectivity index (χ3v) is 6.81. The van der Waals surface area contributed by atoms with E-state index in [0.29, 0.717) is 0 Å². The Balaban J connectivity index is 1.92. The summed E-state index contributed by atoms with van der Waals surface area (Å²) in [7, 11) is 0. The Labute approximate surface area is 199 Å². The van der Waals surface area contributed by atoms with Crippen LogP contribution >= 0.6 is 0 Å². The van der Waals surface area contributed by atoms with Gasteiger partial charge in [0.05, 0.1) is 28.0 Å². The number of hydrogen-bond acceptors (Lipinski definition) is 2. The van der Waals surface area contributed by atoms with E-state index in [0.717, 1.165) is 37.0 Å². The largest absolute Gasteiger partial charge is 0.327 e. The first-order valence-corrected chi connectivity index (χ1v) is 13.0. The molecule has 0 aliphatic heterocycles. The van der Waals surface area contributed by atoms with Crippen LogP contribution in [0, 0.1) is 13.8 Å². The Kier molecular flexibility index (Phi) is 7.52. The Hall–Kier alpha value is -2.62. The van der Waals surface area contributed by atoms with Gasteiger partial charge < -0.3 is 9.13 Å². The number of imidazole rings is 2. The summed E-state index contributed by atoms with van der Waals surface area (Å²) >= 11 is 0. The first-order chi connectivity index (χ1) is 16.1. The molecule has 0 bridgehead atoms. The zero-order valence-electron chi connectivity index (χ0n) is 21.2. The van der Waals surface area contributed by atoms with Gasteiger partial charge in [0.15, 0.2) is 0 Å². The second-order valence-corrected chi connectivity index (χ2v) is 9.63. The fourth-order valence-electron chi connectivity index (χ4n) is 4.93. The van der Waals surface area contributed by atoms with Crippen molar-refractivity contribution in [2.45, 2.75) is 98.6 Å². The number of unbranched alkanes of at least 4 members (excludes halogenated alkanes) is 3. The first-order valence-electron chi connectivity index (χ1n) is 13.0. The average Bonchev–Trinajstić information content (AvgIpc) is 3.34. The van der Waals surface area contributed by atoms with E-state index in [-0.39, 0.29) is 5.92 Å². The van der Waals surface area contributed by atoms with Gasteiger partial charge in [-0.1, -0.05) is 58.6 Å². The SMILES string of the molecule is CCCCC(c1nc2cc(C)ccc2n1CCCC)c1nc2ccc(C)cc2n1CCCC. The molecule has 0 N–H and O–H groups in total. The summed E-state index contributed by atoms with van der Waals surface area (Å²) in [6.07, 6.45) is 8.13. The Morgan fingerprint density at radius 3 is 1.91 bits per heavy atom. The van der Waals surface area contributed by atoms with Gasteiger partial charge in [0.1, 0.15) is 11.6 Å². The standard InChI is InChI=1S/C29H40N4/c1-6-9-12-23(28-30-24-15-13-22(5)20-27(24)33(28)18-11-8-3)29-31-25-19-21(4)14-16-26(25)32(29)17-10-7-2/h13-16,19-20,23H,6-12,17-18H2,1-5H3. The molecular formula is C29H40N4. The average molecular weight is 445 g/mol. The molecule has 0 spiro atoms. The molecule has 4 nitrogen and oxygen atoms in total. The number of nitrogens with zero attached hydrogens (tertiary/aromatic N) is 4. The second kappa shape index (κ2) is 10.5. The fraction of sp³-hybridized carbons (Fsp3) is 0.517. The molecule has 0 fully saturated rings. The molecule has 1 unspecified atom stereocenters. The molecule has 4 aromatic rings. The summed E-state index contributed by atoms with van der Waals surface area (Å²) in [5, 5.41) is 0. The molecule has 0 amide bonds. The van der Waals surface area contributed by atoms with Gasteiger partial charge >= 0.3 is 0 Å². The Morgan fingerprint density at radius 2 is 1.24 bits per heavy atom. The van der Waals surface area contributed by atoms with Crippen molar-refractivity contribution in [2.75, 3.05) is 0 Å². The predicted molar refractivity (Wildman–Crippen MR) is 140 cm³/mol. The van der Waals surface area contributed by atoms with Gasteiger partial charge in [0, 0.05) is 13.1 Å². The maximum atomic E-state index is 5.27. The van der Waals surface area contributed by atoms with Crippen molar-refractivity contribution in [3.05, 3.63) is 59.2 Å². The monoisotopic (exact) mass is 444 g/mol. The smallest absolute Gasteiger partial charge is 0.120 e. The minimum atomic E-state index is 0.207. The van der Waals surface area contributed by atoms with E-state index in [4.69, 9.17) is 9.97 Å². The number of aromatic nitrogens is 4. The number of benzene rings is 2. The van der Waals surface area contributed by atoms with Gasteiger partial charge in [-0.05, 0) is 68.5 Å². The van der Waals surface area contributed by atoms with E-state index in [2.05, 4.69) is 80.2 Å². The third kappa shape index (κ3) is 4.85. The van der Waals surface area contributed by atoms with Gasteiger partial charge in [0.25, 0.3) is 0 Å². The molecule has 0 saturated heterocycles. The molecule has 0 radical (unpaired) electrons. The van der Waals surface area contributed by atoms with E-state index in [1.165, 1.54) is 65.9 Å². The summed E-state index contributed by atoms with van der Waals surface area (Å²) in [6.45, 7) is 13.2. The molecule has 1 atom stereocenters. The van der Waals surface area contributed by atoms with E-state index >= 15 is 0 Å². The quantitative estimate of drug-likeness (QED) is 0.235. The molecule has 33 heavy (non-hydrogen) atoms. The molecule has 2 aromatic carbocycles. The van der Waals surface area contributed by atoms with Crippen LogP contribution in [0.2, 0.25) is 0 Å². The molecule has 4 rings (SSSR count). The number of hydrogen-bond donors (Lipinski definition) is 0. The zero-order chi connectivity index (χ0) is 23.4. The van der Waals surface area contributed by atoms with Crippen LogP contribution in [0.15, 0.2) is 36.4 Å². The molecule has 4 heteroatoms. The summed E-state index contributed by atoms with van der Waals surface area (Å²) in [4.78, 5) is 10.5. The lowest BCUT2D eigenvalue weighted by molar-refractivity contribution is 0.517. The molecular weight excluding hydrogens is 404 g/mol. The van der Waals surface area contributed by atoms with Crippen molar-refractivity contribution in [3.8, 4) is 0 Å². The topological polar surface area (TPSA) is 35.6 Å². The maximum Gasteiger partial charge on any atom is 0.120 e. The summed E-state index contributed by atoms with van der Waals surface area (Å²) < 4.78 is 4.99. The van der Waals surface area contributed by atoms with Crippen LogP contribution in [0.25, 0.3) is 22.1 Å². The Bertz CT molecular complexity index is 1210. The highest BCUT2D eigenvalue weighted by atomic mass is 15.1. The minimum Gasteiger partial charge on any atom is -0.327 e. The van der Waals surface area contributed by atoms with Crippen LogP contribution < -0.4 is 0 Å². The van der Waals surface area contributed by atoms with Gasteiger partial charge in [-0.15, -0.1) is 0 Å². The highest BCUT2D eigenvalue weighted by Crippen LogP contribution is 2.34. The summed E-state index contributed by atoms with van der Waals surface area (Å²) in [5.41, 5.74) is 7.33. The van der Waals surface area contributed by atoms with Crippen molar-refractivity contribution in [3.63, 3.8) is 0 Å². The van der Waals surface area contributed by atoms with Crippen molar-refractivity contribution in [1.29, 1.82) is 0 Å². The van der Waals surface area contributed by atoms with E-state index in [1.54, 1.807) is 0 Å². The van der Waals surface area contributed by atoms with Gasteiger partial charge in [-0.25, -0.2) is 9.97 Å². The van der Waals surface area contributed by atoms with E-state index in [9.17, 15) is 0 Å². The molecule has 176 valence electrons. The van der Waals surface area contributed by atoms with Crippen molar-refractivity contribution >= 4 is 22.1 Å². The normalized spacial score (nSPS) is 12.8. The van der Waals surface area contributed by atoms with E-state index in [1.807, 2.05) is 0 Å². The van der Waals surface area contributed by atoms with Crippen LogP contribution in [-0.4, -0.2) is 19.1 Å². The third-order valence-electron chi connectivity index (χ3n) is 6.81. The maximum absolute atomic E-state index is 5.27. The fourth-order valence-corrected chi connectivity index (χ4v) is 4.93. The van der Waals surface area contributed by atoms with Crippen LogP contribution in [0.3, 0.4) is 0 Å². The first kappa shape index (κ1) is 23.5. The zero-order valence-corrected chi connectivity index (χ0v) is 21.2. The Morgan fingerprint density at radius 1 is 0.667 bits per heavy atom. The minimum absolute atomic E-state index is 0.207. The predicted octanol–water partition coefficient (Wildman–Crippen LogP) is 7.93. The van der Waals surface area contributed by atoms with Crippen LogP contribution in [0.4, 0.5) is 0 Å². The molecule has 2 aromatic heterocycles. The lowest BCUT2D eigenvalue weighted by atomic mass is 9.99. The lowest BCUT2D eigenvalue weighted by Crippen LogP contribution is -2.16. The number of fused-ring (bicyclic) bond motifs is 2.